The summed E-state index contributed by atoms with van der Waals surface area (Å²) in [6, 6.07) is 2.31. The maximum atomic E-state index is 12.9. The van der Waals surface area contributed by atoms with E-state index in [9.17, 15) is 9.59 Å². The van der Waals surface area contributed by atoms with Gasteiger partial charge in [-0.2, -0.15) is 0 Å². The van der Waals surface area contributed by atoms with Crippen molar-refractivity contribution >= 4 is 27.5 Å². The van der Waals surface area contributed by atoms with Crippen LogP contribution in [-0.4, -0.2) is 32.9 Å². The van der Waals surface area contributed by atoms with E-state index in [0.29, 0.717) is 17.3 Å². The maximum absolute atomic E-state index is 12.9. The number of carbonyl (C=O) groups is 1. The van der Waals surface area contributed by atoms with E-state index in [4.69, 9.17) is 0 Å². The zero-order valence-corrected chi connectivity index (χ0v) is 15.6. The molecule has 25 heavy (non-hydrogen) atoms. The molecule has 0 bridgehead atoms. The highest BCUT2D eigenvalue weighted by Gasteiger charge is 2.35. The lowest BCUT2D eigenvalue weighted by molar-refractivity contribution is -0.138. The molecule has 0 N–H and O–H groups in total. The van der Waals surface area contributed by atoms with Crippen LogP contribution >= 0.6 is 11.3 Å². The number of likely N-dealkylation sites (tertiary alicyclic amines) is 1. The zero-order valence-electron chi connectivity index (χ0n) is 14.7. The summed E-state index contributed by atoms with van der Waals surface area (Å²) >= 11 is 1.56. The van der Waals surface area contributed by atoms with Gasteiger partial charge in [0, 0.05) is 17.5 Å². The van der Waals surface area contributed by atoms with Gasteiger partial charge < -0.3 is 4.90 Å². The largest absolute Gasteiger partial charge is 0.338 e. The number of aromatic nitrogens is 2. The third-order valence-electron chi connectivity index (χ3n) is 5.79. The van der Waals surface area contributed by atoms with E-state index in [1.807, 2.05) is 6.07 Å². The number of carbonyl (C=O) groups excluding carboxylic acids is 1. The van der Waals surface area contributed by atoms with Crippen molar-refractivity contribution in [3.05, 3.63) is 27.6 Å². The fourth-order valence-corrected chi connectivity index (χ4v) is 5.39. The van der Waals surface area contributed by atoms with Gasteiger partial charge in [-0.3, -0.25) is 14.2 Å². The molecule has 3 heterocycles. The molecule has 5 nitrogen and oxygen atoms in total. The molecule has 134 valence electrons. The number of fused-ring (bicyclic) bond motifs is 2. The van der Waals surface area contributed by atoms with Crippen LogP contribution in [-0.2, 0) is 17.8 Å². The number of hydrogen-bond acceptors (Lipinski definition) is 4. The third-order valence-corrected chi connectivity index (χ3v) is 6.97. The topological polar surface area (TPSA) is 55.2 Å². The summed E-state index contributed by atoms with van der Waals surface area (Å²) in [5.74, 6) is 0.735. The molecule has 1 aliphatic heterocycles. The Morgan fingerprint density at radius 3 is 2.92 bits per heavy atom. The van der Waals surface area contributed by atoms with Crippen LogP contribution in [0, 0.1) is 5.92 Å². The van der Waals surface area contributed by atoms with Gasteiger partial charge in [0.15, 0.2) is 0 Å². The number of thiophene rings is 1. The highest BCUT2D eigenvalue weighted by atomic mass is 32.1. The number of amides is 1. The normalized spacial score (nSPS) is 23.6. The van der Waals surface area contributed by atoms with E-state index in [2.05, 4.69) is 16.8 Å². The van der Waals surface area contributed by atoms with Crippen molar-refractivity contribution in [2.45, 2.75) is 64.5 Å². The van der Waals surface area contributed by atoms with Crippen LogP contribution in [0.3, 0.4) is 0 Å². The van der Waals surface area contributed by atoms with E-state index in [1.165, 1.54) is 30.3 Å². The second-order valence-corrected chi connectivity index (χ2v) is 8.42. The van der Waals surface area contributed by atoms with E-state index in [1.54, 1.807) is 17.7 Å². The van der Waals surface area contributed by atoms with Gasteiger partial charge in [0.25, 0.3) is 5.56 Å². The molecular formula is C19H25N3O2S. The molecule has 2 fully saturated rings. The van der Waals surface area contributed by atoms with Gasteiger partial charge in [-0.15, -0.1) is 11.3 Å². The molecule has 2 aliphatic rings. The maximum Gasteiger partial charge on any atom is 0.262 e. The van der Waals surface area contributed by atoms with Crippen molar-refractivity contribution < 1.29 is 4.79 Å². The Morgan fingerprint density at radius 1 is 1.28 bits per heavy atom. The number of rotatable bonds is 3. The summed E-state index contributed by atoms with van der Waals surface area (Å²) < 4.78 is 1.49. The summed E-state index contributed by atoms with van der Waals surface area (Å²) in [5, 5.41) is 0.645. The zero-order chi connectivity index (χ0) is 17.4. The molecule has 2 unspecified atom stereocenters. The average Bonchev–Trinajstić information content (AvgIpc) is 3.08. The number of aryl methyl sites for hydroxylation is 1. The highest BCUT2D eigenvalue weighted by Crippen LogP contribution is 2.35. The van der Waals surface area contributed by atoms with E-state index in [-0.39, 0.29) is 18.0 Å². The smallest absolute Gasteiger partial charge is 0.262 e. The predicted octanol–water partition coefficient (Wildman–Crippen LogP) is 3.20. The molecule has 1 saturated heterocycles. The van der Waals surface area contributed by atoms with Crippen molar-refractivity contribution in [2.75, 3.05) is 6.54 Å². The Hall–Kier alpha value is -1.69. The minimum Gasteiger partial charge on any atom is -0.338 e. The fraction of sp³-hybridized carbons (Fsp3) is 0.632. The lowest BCUT2D eigenvalue weighted by Crippen LogP contribution is -2.51. The van der Waals surface area contributed by atoms with Crippen molar-refractivity contribution in [1.82, 2.24) is 14.5 Å². The van der Waals surface area contributed by atoms with Gasteiger partial charge >= 0.3 is 0 Å². The van der Waals surface area contributed by atoms with E-state index < -0.39 is 0 Å². The van der Waals surface area contributed by atoms with Gasteiger partial charge in [0.1, 0.15) is 11.4 Å². The summed E-state index contributed by atoms with van der Waals surface area (Å²) in [7, 11) is 0. The fourth-order valence-electron chi connectivity index (χ4n) is 4.47. The Bertz CT molecular complexity index is 839. The molecule has 2 atom stereocenters. The lowest BCUT2D eigenvalue weighted by Gasteiger charge is -2.44. The molecule has 1 aliphatic carbocycles. The number of hydrogen-bond donors (Lipinski definition) is 0. The molecule has 2 aromatic heterocycles. The van der Waals surface area contributed by atoms with E-state index in [0.717, 1.165) is 35.5 Å². The van der Waals surface area contributed by atoms with Crippen LogP contribution in [0.2, 0.25) is 0 Å². The van der Waals surface area contributed by atoms with Gasteiger partial charge in [-0.1, -0.05) is 19.8 Å². The minimum atomic E-state index is -0.0912. The monoisotopic (exact) mass is 359 g/mol. The molecule has 1 saturated carbocycles. The number of piperidine rings is 1. The molecular weight excluding hydrogens is 334 g/mol. The summed E-state index contributed by atoms with van der Waals surface area (Å²) in [6.07, 6.45) is 9.65. The molecule has 6 heteroatoms. The van der Waals surface area contributed by atoms with Crippen LogP contribution < -0.4 is 5.56 Å². The van der Waals surface area contributed by atoms with Crippen molar-refractivity contribution in [3.63, 3.8) is 0 Å². The first-order chi connectivity index (χ1) is 12.2. The van der Waals surface area contributed by atoms with Crippen LogP contribution in [0.15, 0.2) is 17.2 Å². The Morgan fingerprint density at radius 2 is 2.08 bits per heavy atom. The first kappa shape index (κ1) is 16.8. The van der Waals surface area contributed by atoms with Crippen LogP contribution in [0.4, 0.5) is 0 Å². The average molecular weight is 359 g/mol. The Balaban J connectivity index is 1.57. The van der Waals surface area contributed by atoms with Crippen LogP contribution in [0.5, 0.6) is 0 Å². The van der Waals surface area contributed by atoms with Crippen molar-refractivity contribution in [3.8, 4) is 0 Å². The van der Waals surface area contributed by atoms with Gasteiger partial charge in [-0.05, 0) is 44.1 Å². The quantitative estimate of drug-likeness (QED) is 0.846. The summed E-state index contributed by atoms with van der Waals surface area (Å²) in [6.45, 7) is 3.02. The number of nitrogens with zero attached hydrogens (tertiary/aromatic N) is 3. The SMILES string of the molecule is CCc1cc2c(=O)n(CC(=O)N3CCCC4CCCCC43)cnc2s1. The van der Waals surface area contributed by atoms with E-state index >= 15 is 0 Å². The second kappa shape index (κ2) is 6.90. The molecule has 2 aromatic rings. The van der Waals surface area contributed by atoms with Crippen LogP contribution in [0.25, 0.3) is 10.2 Å². The van der Waals surface area contributed by atoms with Gasteiger partial charge in [0.05, 0.1) is 11.7 Å². The highest BCUT2D eigenvalue weighted by molar-refractivity contribution is 7.18. The van der Waals surface area contributed by atoms with Gasteiger partial charge in [0.2, 0.25) is 5.91 Å². The molecule has 0 radical (unpaired) electrons. The summed E-state index contributed by atoms with van der Waals surface area (Å²) in [4.78, 5) is 34.0. The van der Waals surface area contributed by atoms with Gasteiger partial charge in [-0.25, -0.2) is 4.98 Å². The van der Waals surface area contributed by atoms with Crippen LogP contribution in [0.1, 0.15) is 50.3 Å². The first-order valence-electron chi connectivity index (χ1n) is 9.44. The second-order valence-electron chi connectivity index (χ2n) is 7.30. The molecule has 0 spiro atoms. The Kier molecular flexibility index (Phi) is 4.63. The molecule has 0 aromatic carbocycles. The van der Waals surface area contributed by atoms with Crippen molar-refractivity contribution in [2.24, 2.45) is 5.92 Å². The molecule has 4 rings (SSSR count). The van der Waals surface area contributed by atoms with Crippen molar-refractivity contribution in [1.29, 1.82) is 0 Å². The standard InChI is InChI=1S/C19H25N3O2S/c1-2-14-10-15-18(25-14)20-12-21(19(15)24)11-17(23)22-9-5-7-13-6-3-4-8-16(13)22/h10,12-13,16H,2-9,11H2,1H3. The predicted molar refractivity (Wildman–Crippen MR) is 100.0 cm³/mol. The summed E-state index contributed by atoms with van der Waals surface area (Å²) in [5.41, 5.74) is -0.0912. The minimum absolute atomic E-state index is 0.0748. The Labute approximate surface area is 151 Å². The first-order valence-corrected chi connectivity index (χ1v) is 10.3. The molecule has 1 amide bonds. The lowest BCUT2D eigenvalue weighted by atomic mass is 9.78. The third kappa shape index (κ3) is 3.12.